The van der Waals surface area contributed by atoms with Crippen LogP contribution in [0.3, 0.4) is 0 Å². The van der Waals surface area contributed by atoms with Crippen LogP contribution in [-0.2, 0) is 4.74 Å². The minimum absolute atomic E-state index is 0.0808. The average molecular weight is 238 g/mol. The van der Waals surface area contributed by atoms with Gasteiger partial charge in [-0.15, -0.1) is 0 Å². The Kier molecular flexibility index (Phi) is 2.77. The van der Waals surface area contributed by atoms with Crippen LogP contribution in [0.4, 0.5) is 4.79 Å². The van der Waals surface area contributed by atoms with E-state index in [9.17, 15) is 4.79 Å². The SMILES string of the molecule is CC1(C2CCCNC2)CN(C2CCC2)C(=O)O1. The average Bonchev–Trinajstić information content (AvgIpc) is 2.55. The molecule has 2 saturated heterocycles. The van der Waals surface area contributed by atoms with Gasteiger partial charge in [0.15, 0.2) is 0 Å². The van der Waals surface area contributed by atoms with Crippen molar-refractivity contribution in [1.29, 1.82) is 0 Å². The van der Waals surface area contributed by atoms with E-state index in [4.69, 9.17) is 4.74 Å². The topological polar surface area (TPSA) is 41.6 Å². The summed E-state index contributed by atoms with van der Waals surface area (Å²) in [5, 5.41) is 3.41. The minimum atomic E-state index is -0.264. The van der Waals surface area contributed by atoms with E-state index in [2.05, 4.69) is 12.2 Å². The summed E-state index contributed by atoms with van der Waals surface area (Å²) in [6.45, 7) is 5.00. The summed E-state index contributed by atoms with van der Waals surface area (Å²) < 4.78 is 5.70. The van der Waals surface area contributed by atoms with Crippen LogP contribution in [0.2, 0.25) is 0 Å². The van der Waals surface area contributed by atoms with E-state index in [1.807, 2.05) is 4.90 Å². The summed E-state index contributed by atoms with van der Waals surface area (Å²) in [6.07, 6.45) is 5.87. The second-order valence-electron chi connectivity index (χ2n) is 5.94. The van der Waals surface area contributed by atoms with E-state index < -0.39 is 0 Å². The van der Waals surface area contributed by atoms with Crippen molar-refractivity contribution in [2.24, 2.45) is 5.92 Å². The van der Waals surface area contributed by atoms with Crippen LogP contribution in [-0.4, -0.2) is 42.3 Å². The molecule has 2 atom stereocenters. The Balaban J connectivity index is 1.69. The quantitative estimate of drug-likeness (QED) is 0.797. The van der Waals surface area contributed by atoms with Gasteiger partial charge in [0.05, 0.1) is 6.54 Å². The molecule has 2 heterocycles. The minimum Gasteiger partial charge on any atom is -0.441 e. The number of hydrogen-bond donors (Lipinski definition) is 1. The number of carbonyl (C=O) groups excluding carboxylic acids is 1. The molecule has 17 heavy (non-hydrogen) atoms. The van der Waals surface area contributed by atoms with Gasteiger partial charge in [-0.2, -0.15) is 0 Å². The number of hydrogen-bond acceptors (Lipinski definition) is 3. The molecule has 0 bridgehead atoms. The van der Waals surface area contributed by atoms with Gasteiger partial charge in [0.2, 0.25) is 0 Å². The molecule has 96 valence electrons. The van der Waals surface area contributed by atoms with E-state index in [-0.39, 0.29) is 11.7 Å². The zero-order chi connectivity index (χ0) is 11.9. The Morgan fingerprint density at radius 1 is 1.35 bits per heavy atom. The van der Waals surface area contributed by atoms with Gasteiger partial charge in [-0.25, -0.2) is 4.79 Å². The fourth-order valence-electron chi connectivity index (χ4n) is 3.26. The number of nitrogens with zero attached hydrogens (tertiary/aromatic N) is 1. The fourth-order valence-corrected chi connectivity index (χ4v) is 3.26. The summed E-state index contributed by atoms with van der Waals surface area (Å²) >= 11 is 0. The van der Waals surface area contributed by atoms with E-state index in [0.29, 0.717) is 12.0 Å². The highest BCUT2D eigenvalue weighted by Crippen LogP contribution is 2.37. The van der Waals surface area contributed by atoms with Crippen LogP contribution in [0.1, 0.15) is 39.0 Å². The largest absolute Gasteiger partial charge is 0.441 e. The molecule has 1 amide bonds. The summed E-state index contributed by atoms with van der Waals surface area (Å²) in [6, 6.07) is 0.459. The van der Waals surface area contributed by atoms with Crippen molar-refractivity contribution in [2.75, 3.05) is 19.6 Å². The number of ether oxygens (including phenoxy) is 1. The van der Waals surface area contributed by atoms with Gasteiger partial charge in [-0.3, -0.25) is 0 Å². The maximum absolute atomic E-state index is 12.0. The molecule has 2 aliphatic heterocycles. The third-order valence-corrected chi connectivity index (χ3v) is 4.72. The van der Waals surface area contributed by atoms with Crippen molar-refractivity contribution < 1.29 is 9.53 Å². The van der Waals surface area contributed by atoms with Crippen LogP contribution in [0.25, 0.3) is 0 Å². The molecule has 4 nitrogen and oxygen atoms in total. The molecule has 0 spiro atoms. The molecule has 3 rings (SSSR count). The normalized spacial score (nSPS) is 39.0. The molecule has 1 N–H and O–H groups in total. The molecule has 1 aliphatic carbocycles. The van der Waals surface area contributed by atoms with Crippen LogP contribution < -0.4 is 5.32 Å². The first-order chi connectivity index (χ1) is 8.19. The highest BCUT2D eigenvalue weighted by molar-refractivity contribution is 5.71. The summed E-state index contributed by atoms with van der Waals surface area (Å²) in [7, 11) is 0. The summed E-state index contributed by atoms with van der Waals surface area (Å²) in [5.41, 5.74) is -0.264. The fraction of sp³-hybridized carbons (Fsp3) is 0.923. The van der Waals surface area contributed by atoms with Gasteiger partial charge in [0, 0.05) is 18.5 Å². The number of nitrogens with one attached hydrogen (secondary N) is 1. The van der Waals surface area contributed by atoms with Crippen molar-refractivity contribution in [3.63, 3.8) is 0 Å². The molecule has 2 unspecified atom stereocenters. The van der Waals surface area contributed by atoms with E-state index in [1.165, 1.54) is 19.3 Å². The van der Waals surface area contributed by atoms with Crippen molar-refractivity contribution >= 4 is 6.09 Å². The van der Waals surface area contributed by atoms with Crippen molar-refractivity contribution in [1.82, 2.24) is 10.2 Å². The third-order valence-electron chi connectivity index (χ3n) is 4.72. The standard InChI is InChI=1S/C13H22N2O2/c1-13(10-4-3-7-14-8-10)9-15(12(16)17-13)11-5-2-6-11/h10-11,14H,2-9H2,1H3. The Labute approximate surface area is 103 Å². The molecule has 4 heteroatoms. The first-order valence-corrected chi connectivity index (χ1v) is 6.89. The summed E-state index contributed by atoms with van der Waals surface area (Å²) in [4.78, 5) is 13.9. The number of cyclic esters (lactones) is 1. The second kappa shape index (κ2) is 4.16. The van der Waals surface area contributed by atoms with Crippen LogP contribution >= 0.6 is 0 Å². The van der Waals surface area contributed by atoms with E-state index in [1.54, 1.807) is 0 Å². The van der Waals surface area contributed by atoms with Gasteiger partial charge >= 0.3 is 6.09 Å². The van der Waals surface area contributed by atoms with E-state index in [0.717, 1.165) is 32.5 Å². The Morgan fingerprint density at radius 3 is 2.76 bits per heavy atom. The third kappa shape index (κ3) is 1.92. The molecule has 0 radical (unpaired) electrons. The highest BCUT2D eigenvalue weighted by Gasteiger charge is 2.49. The zero-order valence-electron chi connectivity index (χ0n) is 10.6. The van der Waals surface area contributed by atoms with Crippen molar-refractivity contribution in [2.45, 2.75) is 50.7 Å². The van der Waals surface area contributed by atoms with Crippen LogP contribution in [0.15, 0.2) is 0 Å². The van der Waals surface area contributed by atoms with Gasteiger partial charge < -0.3 is 15.0 Å². The highest BCUT2D eigenvalue weighted by atomic mass is 16.6. The van der Waals surface area contributed by atoms with Gasteiger partial charge in [0.25, 0.3) is 0 Å². The van der Waals surface area contributed by atoms with Crippen molar-refractivity contribution in [3.8, 4) is 0 Å². The number of piperidine rings is 1. The van der Waals surface area contributed by atoms with Crippen molar-refractivity contribution in [3.05, 3.63) is 0 Å². The predicted octanol–water partition coefficient (Wildman–Crippen LogP) is 1.75. The maximum atomic E-state index is 12.0. The van der Waals surface area contributed by atoms with Gasteiger partial charge in [-0.05, 0) is 45.6 Å². The lowest BCUT2D eigenvalue weighted by Crippen LogP contribution is -2.48. The summed E-state index contributed by atoms with van der Waals surface area (Å²) in [5.74, 6) is 0.477. The Bertz CT molecular complexity index is 311. The molecular weight excluding hydrogens is 216 g/mol. The first kappa shape index (κ1) is 11.3. The van der Waals surface area contributed by atoms with Crippen LogP contribution in [0.5, 0.6) is 0 Å². The molecule has 1 saturated carbocycles. The Hall–Kier alpha value is -0.770. The molecule has 0 aromatic heterocycles. The number of rotatable bonds is 2. The molecule has 3 aliphatic rings. The number of carbonyl (C=O) groups is 1. The molecule has 3 fully saturated rings. The van der Waals surface area contributed by atoms with Gasteiger partial charge in [-0.1, -0.05) is 0 Å². The number of amides is 1. The molecular formula is C13H22N2O2. The zero-order valence-corrected chi connectivity index (χ0v) is 10.6. The van der Waals surface area contributed by atoms with Gasteiger partial charge in [0.1, 0.15) is 5.60 Å². The monoisotopic (exact) mass is 238 g/mol. The molecule has 0 aromatic carbocycles. The molecule has 0 aromatic rings. The lowest BCUT2D eigenvalue weighted by Gasteiger charge is -2.37. The maximum Gasteiger partial charge on any atom is 0.410 e. The first-order valence-electron chi connectivity index (χ1n) is 6.89. The predicted molar refractivity (Wildman–Crippen MR) is 64.8 cm³/mol. The lowest BCUT2D eigenvalue weighted by molar-refractivity contribution is 0.0120. The second-order valence-corrected chi connectivity index (χ2v) is 5.94. The Morgan fingerprint density at radius 2 is 2.18 bits per heavy atom. The smallest absolute Gasteiger partial charge is 0.410 e. The lowest BCUT2D eigenvalue weighted by atomic mass is 9.82. The van der Waals surface area contributed by atoms with E-state index >= 15 is 0 Å². The van der Waals surface area contributed by atoms with Crippen LogP contribution in [0, 0.1) is 5.92 Å².